The van der Waals surface area contributed by atoms with E-state index in [9.17, 15) is 13.2 Å². The van der Waals surface area contributed by atoms with Crippen LogP contribution in [-0.4, -0.2) is 25.4 Å². The molecule has 1 N–H and O–H groups in total. The zero-order valence-electron chi connectivity index (χ0n) is 11.4. The molecule has 0 saturated carbocycles. The summed E-state index contributed by atoms with van der Waals surface area (Å²) < 4.78 is 24.5. The van der Waals surface area contributed by atoms with E-state index in [4.69, 9.17) is 10.7 Å². The van der Waals surface area contributed by atoms with Gasteiger partial charge in [-0.1, -0.05) is 30.3 Å². The van der Waals surface area contributed by atoms with E-state index in [1.807, 2.05) is 30.3 Å². The Morgan fingerprint density at radius 1 is 1.29 bits per heavy atom. The van der Waals surface area contributed by atoms with E-state index < -0.39 is 9.05 Å². The smallest absolute Gasteiger partial charge is 0.267 e. The highest BCUT2D eigenvalue weighted by atomic mass is 35.7. The van der Waals surface area contributed by atoms with Crippen molar-refractivity contribution in [3.05, 3.63) is 53.9 Å². The molecule has 112 valence electrons. The van der Waals surface area contributed by atoms with Crippen molar-refractivity contribution in [2.45, 2.75) is 18.4 Å². The Hall–Kier alpha value is -1.79. The van der Waals surface area contributed by atoms with Crippen LogP contribution in [0.5, 0.6) is 0 Å². The standard InChI is InChI=1S/C14H15ClN2O3S/c1-2-16-14(18)13-8-12(21(15,19)20)10-17(13)9-11-6-4-3-5-7-11/h3-8,10H,2,9H2,1H3,(H,16,18). The van der Waals surface area contributed by atoms with Crippen molar-refractivity contribution < 1.29 is 13.2 Å². The maximum Gasteiger partial charge on any atom is 0.267 e. The van der Waals surface area contributed by atoms with Crippen molar-refractivity contribution in [2.75, 3.05) is 6.54 Å². The average Bonchev–Trinajstić information content (AvgIpc) is 2.84. The molecule has 0 aliphatic heterocycles. The number of hydrogen-bond donors (Lipinski definition) is 1. The van der Waals surface area contributed by atoms with Gasteiger partial charge in [-0.3, -0.25) is 4.79 Å². The molecule has 1 aromatic heterocycles. The lowest BCUT2D eigenvalue weighted by molar-refractivity contribution is 0.0947. The first kappa shape index (κ1) is 15.6. The molecule has 21 heavy (non-hydrogen) atoms. The molecule has 1 aromatic carbocycles. The lowest BCUT2D eigenvalue weighted by Gasteiger charge is -2.08. The summed E-state index contributed by atoms with van der Waals surface area (Å²) in [5, 5.41) is 2.66. The molecule has 0 fully saturated rings. The van der Waals surface area contributed by atoms with Crippen molar-refractivity contribution in [1.29, 1.82) is 0 Å². The SMILES string of the molecule is CCNC(=O)c1cc(S(=O)(=O)Cl)cn1Cc1ccccc1. The molecule has 7 heteroatoms. The van der Waals surface area contributed by atoms with Crippen LogP contribution in [0.3, 0.4) is 0 Å². The van der Waals surface area contributed by atoms with Gasteiger partial charge in [0.1, 0.15) is 10.6 Å². The van der Waals surface area contributed by atoms with Crippen LogP contribution < -0.4 is 5.32 Å². The van der Waals surface area contributed by atoms with Crippen LogP contribution >= 0.6 is 10.7 Å². The van der Waals surface area contributed by atoms with E-state index in [0.717, 1.165) is 5.56 Å². The molecule has 1 amide bonds. The summed E-state index contributed by atoms with van der Waals surface area (Å²) in [5.74, 6) is -0.333. The minimum absolute atomic E-state index is 0.0821. The summed E-state index contributed by atoms with van der Waals surface area (Å²) in [6.07, 6.45) is 1.37. The lowest BCUT2D eigenvalue weighted by Crippen LogP contribution is -2.25. The third-order valence-corrected chi connectivity index (χ3v) is 4.24. The number of benzene rings is 1. The Morgan fingerprint density at radius 2 is 1.95 bits per heavy atom. The summed E-state index contributed by atoms with van der Waals surface area (Å²) in [7, 11) is 1.48. The zero-order chi connectivity index (χ0) is 15.5. The predicted molar refractivity (Wildman–Crippen MR) is 81.0 cm³/mol. The molecule has 0 aliphatic carbocycles. The Bertz CT molecular complexity index is 739. The number of nitrogens with zero attached hydrogens (tertiary/aromatic N) is 1. The highest BCUT2D eigenvalue weighted by molar-refractivity contribution is 8.13. The summed E-state index contributed by atoms with van der Waals surface area (Å²) >= 11 is 0. The van der Waals surface area contributed by atoms with Gasteiger partial charge in [0.2, 0.25) is 0 Å². The summed E-state index contributed by atoms with van der Waals surface area (Å²) in [6, 6.07) is 10.7. The van der Waals surface area contributed by atoms with Crippen LogP contribution in [0.25, 0.3) is 0 Å². The molecule has 0 spiro atoms. The molecule has 2 aromatic rings. The zero-order valence-corrected chi connectivity index (χ0v) is 13.0. The van der Waals surface area contributed by atoms with Crippen molar-refractivity contribution in [3.63, 3.8) is 0 Å². The third kappa shape index (κ3) is 3.86. The van der Waals surface area contributed by atoms with Crippen LogP contribution in [-0.2, 0) is 15.6 Å². The number of rotatable bonds is 5. The first-order valence-corrected chi connectivity index (χ1v) is 8.69. The van der Waals surface area contributed by atoms with Crippen molar-refractivity contribution in [3.8, 4) is 0 Å². The maximum atomic E-state index is 12.0. The molecule has 0 aliphatic rings. The van der Waals surface area contributed by atoms with Crippen LogP contribution in [0.15, 0.2) is 47.5 Å². The van der Waals surface area contributed by atoms with Crippen LogP contribution in [0.1, 0.15) is 23.0 Å². The lowest BCUT2D eigenvalue weighted by atomic mass is 10.2. The van der Waals surface area contributed by atoms with Gasteiger partial charge in [-0.2, -0.15) is 0 Å². The third-order valence-electron chi connectivity index (χ3n) is 2.92. The monoisotopic (exact) mass is 326 g/mol. The highest BCUT2D eigenvalue weighted by Crippen LogP contribution is 2.20. The number of carbonyl (C=O) groups excluding carboxylic acids is 1. The van der Waals surface area contributed by atoms with Gasteiger partial charge in [0.25, 0.3) is 15.0 Å². The molecule has 0 atom stereocenters. The average molecular weight is 327 g/mol. The summed E-state index contributed by atoms with van der Waals surface area (Å²) in [6.45, 7) is 2.64. The van der Waals surface area contributed by atoms with E-state index >= 15 is 0 Å². The van der Waals surface area contributed by atoms with Crippen molar-refractivity contribution >= 4 is 25.6 Å². The first-order valence-electron chi connectivity index (χ1n) is 6.38. The summed E-state index contributed by atoms with van der Waals surface area (Å²) in [4.78, 5) is 11.9. The van der Waals surface area contributed by atoms with Gasteiger partial charge < -0.3 is 9.88 Å². The number of halogens is 1. The molecule has 0 saturated heterocycles. The van der Waals surface area contributed by atoms with Gasteiger partial charge in [0.05, 0.1) is 0 Å². The Morgan fingerprint density at radius 3 is 2.52 bits per heavy atom. The van der Waals surface area contributed by atoms with Gasteiger partial charge >= 0.3 is 0 Å². The quantitative estimate of drug-likeness (QED) is 0.857. The Balaban J connectivity index is 2.42. The molecule has 0 unspecified atom stereocenters. The number of nitrogens with one attached hydrogen (secondary N) is 1. The minimum Gasteiger partial charge on any atom is -0.351 e. The van der Waals surface area contributed by atoms with Crippen LogP contribution in [0.2, 0.25) is 0 Å². The maximum absolute atomic E-state index is 12.0. The van der Waals surface area contributed by atoms with E-state index in [2.05, 4.69) is 5.32 Å². The molecule has 1 heterocycles. The number of amides is 1. The summed E-state index contributed by atoms with van der Waals surface area (Å²) in [5.41, 5.74) is 1.22. The van der Waals surface area contributed by atoms with Gasteiger partial charge in [0, 0.05) is 30.0 Å². The predicted octanol–water partition coefficient (Wildman–Crippen LogP) is 2.21. The fraction of sp³-hybridized carbons (Fsp3) is 0.214. The molecule has 0 radical (unpaired) electrons. The Kier molecular flexibility index (Phi) is 4.69. The second-order valence-electron chi connectivity index (χ2n) is 4.47. The topological polar surface area (TPSA) is 68.2 Å². The normalized spacial score (nSPS) is 11.3. The highest BCUT2D eigenvalue weighted by Gasteiger charge is 2.19. The van der Waals surface area contributed by atoms with E-state index in [1.54, 1.807) is 11.5 Å². The largest absolute Gasteiger partial charge is 0.351 e. The molecule has 0 bridgehead atoms. The van der Waals surface area contributed by atoms with Gasteiger partial charge in [-0.25, -0.2) is 8.42 Å². The Labute approximate surface area is 128 Å². The van der Waals surface area contributed by atoms with Crippen LogP contribution in [0.4, 0.5) is 0 Å². The fourth-order valence-corrected chi connectivity index (χ4v) is 2.73. The second kappa shape index (κ2) is 6.32. The van der Waals surface area contributed by atoms with Gasteiger partial charge in [-0.05, 0) is 18.6 Å². The van der Waals surface area contributed by atoms with Crippen molar-refractivity contribution in [1.82, 2.24) is 9.88 Å². The minimum atomic E-state index is -3.87. The number of aromatic nitrogens is 1. The molecular formula is C14H15ClN2O3S. The molecule has 2 rings (SSSR count). The van der Waals surface area contributed by atoms with Crippen molar-refractivity contribution in [2.24, 2.45) is 0 Å². The fourth-order valence-electron chi connectivity index (χ4n) is 1.97. The first-order chi connectivity index (χ1) is 9.91. The molecule has 5 nitrogen and oxygen atoms in total. The van der Waals surface area contributed by atoms with Gasteiger partial charge in [0.15, 0.2) is 0 Å². The second-order valence-corrected chi connectivity index (χ2v) is 7.04. The van der Waals surface area contributed by atoms with E-state index in [1.165, 1.54) is 12.3 Å². The van der Waals surface area contributed by atoms with E-state index in [-0.39, 0.29) is 16.5 Å². The number of carbonyl (C=O) groups is 1. The van der Waals surface area contributed by atoms with E-state index in [0.29, 0.717) is 13.1 Å². The molecular weight excluding hydrogens is 312 g/mol. The number of hydrogen-bond acceptors (Lipinski definition) is 3. The van der Waals surface area contributed by atoms with Crippen LogP contribution in [0, 0.1) is 0 Å². The van der Waals surface area contributed by atoms with Gasteiger partial charge in [-0.15, -0.1) is 0 Å².